The summed E-state index contributed by atoms with van der Waals surface area (Å²) in [6, 6.07) is 13.2. The van der Waals surface area contributed by atoms with Crippen molar-refractivity contribution in [3.05, 3.63) is 69.7 Å². The fourth-order valence-corrected chi connectivity index (χ4v) is 4.96. The molecule has 2 heterocycles. The van der Waals surface area contributed by atoms with Crippen molar-refractivity contribution >= 4 is 68.1 Å². The second kappa shape index (κ2) is 8.30. The van der Waals surface area contributed by atoms with Gasteiger partial charge in [-0.3, -0.25) is 19.8 Å². The van der Waals surface area contributed by atoms with Crippen LogP contribution < -0.4 is 15.1 Å². The number of fused-ring (bicyclic) bond motifs is 1. The molecule has 4 rings (SSSR count). The highest BCUT2D eigenvalue weighted by Crippen LogP contribution is 2.39. The summed E-state index contributed by atoms with van der Waals surface area (Å²) >= 11 is 8.67. The van der Waals surface area contributed by atoms with Crippen LogP contribution in [-0.4, -0.2) is 29.0 Å². The van der Waals surface area contributed by atoms with Crippen LogP contribution in [-0.2, 0) is 9.59 Å². The number of likely N-dealkylation sites (N-methyl/N-ethyl adjacent to an activating group) is 1. The van der Waals surface area contributed by atoms with Gasteiger partial charge in [0, 0.05) is 22.3 Å². The van der Waals surface area contributed by atoms with E-state index in [1.165, 1.54) is 10.5 Å². The van der Waals surface area contributed by atoms with Crippen LogP contribution >= 0.6 is 28.1 Å². The molecule has 2 aliphatic rings. The van der Waals surface area contributed by atoms with Crippen LogP contribution in [0, 0.1) is 0 Å². The largest absolute Gasteiger partial charge is 0.363 e. The van der Waals surface area contributed by atoms with E-state index in [9.17, 15) is 9.59 Å². The van der Waals surface area contributed by atoms with Gasteiger partial charge >= 0.3 is 0 Å². The summed E-state index contributed by atoms with van der Waals surface area (Å²) in [6.45, 7) is 9.51. The molecule has 0 radical (unpaired) electrons. The first-order chi connectivity index (χ1) is 15.1. The zero-order chi connectivity index (χ0) is 23.2. The Morgan fingerprint density at radius 3 is 2.47 bits per heavy atom. The van der Waals surface area contributed by atoms with Gasteiger partial charge in [-0.1, -0.05) is 28.1 Å². The van der Waals surface area contributed by atoms with Crippen molar-refractivity contribution in [2.75, 3.05) is 16.3 Å². The summed E-state index contributed by atoms with van der Waals surface area (Å²) in [5, 5.41) is 2.71. The number of nitrogens with zero attached hydrogens (tertiary/aromatic N) is 2. The predicted molar refractivity (Wildman–Crippen MR) is 138 cm³/mol. The maximum absolute atomic E-state index is 13.3. The Morgan fingerprint density at radius 1 is 1.12 bits per heavy atom. The van der Waals surface area contributed by atoms with Gasteiger partial charge in [0.25, 0.3) is 11.8 Å². The molecular formula is C25H24BrN3O2S. The fraction of sp³-hybridized carbons (Fsp3) is 0.240. The summed E-state index contributed by atoms with van der Waals surface area (Å²) in [5.74, 6) is -0.933. The van der Waals surface area contributed by atoms with Crippen LogP contribution in [0.15, 0.2) is 58.6 Å². The number of anilines is 2. The molecule has 0 aliphatic carbocycles. The third-order valence-electron chi connectivity index (χ3n) is 5.82. The molecule has 0 atom stereocenters. The number of nitrogens with one attached hydrogen (secondary N) is 1. The van der Waals surface area contributed by atoms with Crippen molar-refractivity contribution in [1.29, 1.82) is 0 Å². The topological polar surface area (TPSA) is 52.7 Å². The van der Waals surface area contributed by atoms with Crippen LogP contribution in [0.2, 0.25) is 0 Å². The molecular weight excluding hydrogens is 486 g/mol. The van der Waals surface area contributed by atoms with Crippen molar-refractivity contribution in [2.24, 2.45) is 0 Å². The number of hydrogen-bond donors (Lipinski definition) is 1. The molecule has 0 saturated carbocycles. The predicted octanol–water partition coefficient (Wildman–Crippen LogP) is 5.30. The molecule has 2 aliphatic heterocycles. The highest BCUT2D eigenvalue weighted by Gasteiger charge is 2.35. The molecule has 0 bridgehead atoms. The average molecular weight is 510 g/mol. The number of amides is 2. The number of carbonyl (C=O) groups is 2. The molecule has 1 fully saturated rings. The van der Waals surface area contributed by atoms with E-state index in [0.717, 1.165) is 27.8 Å². The number of allylic oxidation sites excluding steroid dienone is 1. The van der Waals surface area contributed by atoms with E-state index in [1.807, 2.05) is 24.3 Å². The van der Waals surface area contributed by atoms with Crippen molar-refractivity contribution in [3.63, 3.8) is 0 Å². The minimum Gasteiger partial charge on any atom is -0.363 e. The quantitative estimate of drug-likeness (QED) is 0.346. The first-order valence-electron chi connectivity index (χ1n) is 10.4. The normalized spacial score (nSPS) is 19.1. The number of thiocarbonyl (C=S) groups is 1. The van der Waals surface area contributed by atoms with Gasteiger partial charge in [0.05, 0.1) is 11.2 Å². The van der Waals surface area contributed by atoms with Crippen LogP contribution in [0.4, 0.5) is 11.4 Å². The minimum atomic E-state index is -0.491. The molecule has 164 valence electrons. The van der Waals surface area contributed by atoms with Crippen LogP contribution in [0.5, 0.6) is 0 Å². The zero-order valence-electron chi connectivity index (χ0n) is 18.4. The first-order valence-corrected chi connectivity index (χ1v) is 11.6. The van der Waals surface area contributed by atoms with Crippen molar-refractivity contribution in [2.45, 2.75) is 33.2 Å². The number of rotatable bonds is 3. The van der Waals surface area contributed by atoms with E-state index in [1.54, 1.807) is 18.2 Å². The molecule has 0 aromatic heterocycles. The molecule has 32 heavy (non-hydrogen) atoms. The third-order valence-corrected chi connectivity index (χ3v) is 6.63. The number of carbonyl (C=O) groups excluding carboxylic acids is 2. The zero-order valence-corrected chi connectivity index (χ0v) is 20.8. The van der Waals surface area contributed by atoms with Gasteiger partial charge in [0.1, 0.15) is 5.57 Å². The van der Waals surface area contributed by atoms with E-state index in [-0.39, 0.29) is 16.2 Å². The number of benzene rings is 2. The molecule has 7 heteroatoms. The molecule has 2 amide bonds. The summed E-state index contributed by atoms with van der Waals surface area (Å²) in [7, 11) is 0. The lowest BCUT2D eigenvalue weighted by atomic mass is 9.88. The minimum absolute atomic E-state index is 0.0478. The number of hydrogen-bond acceptors (Lipinski definition) is 4. The standard InChI is InChI=1S/C25H24BrN3O2S/c1-5-28-21-11-6-16(12-19(21)15(2)14-25(28,3)4)13-20-22(30)27-24(32)29(23(20)31)18-9-7-17(26)8-10-18/h6-14H,5H2,1-4H3,(H,27,30,32)/b20-13-. The van der Waals surface area contributed by atoms with Crippen LogP contribution in [0.1, 0.15) is 38.8 Å². The highest BCUT2D eigenvalue weighted by molar-refractivity contribution is 9.10. The lowest BCUT2D eigenvalue weighted by molar-refractivity contribution is -0.122. The van der Waals surface area contributed by atoms with Gasteiger partial charge in [-0.2, -0.15) is 0 Å². The van der Waals surface area contributed by atoms with Gasteiger partial charge in [0.15, 0.2) is 5.11 Å². The Labute approximate surface area is 201 Å². The number of halogens is 1. The molecule has 0 spiro atoms. The van der Waals surface area contributed by atoms with Crippen molar-refractivity contribution < 1.29 is 9.59 Å². The Bertz CT molecular complexity index is 1200. The maximum atomic E-state index is 13.3. The smallest absolute Gasteiger partial charge is 0.270 e. The van der Waals surface area contributed by atoms with E-state index < -0.39 is 11.8 Å². The van der Waals surface area contributed by atoms with Crippen LogP contribution in [0.25, 0.3) is 11.6 Å². The lowest BCUT2D eigenvalue weighted by Crippen LogP contribution is -2.54. The lowest BCUT2D eigenvalue weighted by Gasteiger charge is -2.42. The Kier molecular flexibility index (Phi) is 5.81. The molecule has 2 aromatic rings. The van der Waals surface area contributed by atoms with Crippen LogP contribution in [0.3, 0.4) is 0 Å². The maximum Gasteiger partial charge on any atom is 0.270 e. The summed E-state index contributed by atoms with van der Waals surface area (Å²) in [4.78, 5) is 29.6. The Morgan fingerprint density at radius 2 is 1.81 bits per heavy atom. The van der Waals surface area contributed by atoms with Crippen molar-refractivity contribution in [3.8, 4) is 0 Å². The van der Waals surface area contributed by atoms with Gasteiger partial charge in [-0.25, -0.2) is 0 Å². The van der Waals surface area contributed by atoms with Gasteiger partial charge in [-0.05, 0) is 93.5 Å². The van der Waals surface area contributed by atoms with Gasteiger partial charge in [0.2, 0.25) is 0 Å². The molecule has 1 saturated heterocycles. The Balaban J connectivity index is 1.74. The second-order valence-corrected chi connectivity index (χ2v) is 9.74. The molecule has 5 nitrogen and oxygen atoms in total. The average Bonchev–Trinajstić information content (AvgIpc) is 2.72. The third kappa shape index (κ3) is 3.91. The SMILES string of the molecule is CCN1c2ccc(/C=C3/C(=O)NC(=S)N(c4ccc(Br)cc4)C3=O)cc2C(C)=CC1(C)C. The van der Waals surface area contributed by atoms with Gasteiger partial charge < -0.3 is 4.90 Å². The molecule has 0 unspecified atom stereocenters. The van der Waals surface area contributed by atoms with Crippen molar-refractivity contribution in [1.82, 2.24) is 5.32 Å². The molecule has 2 aromatic carbocycles. The highest BCUT2D eigenvalue weighted by atomic mass is 79.9. The van der Waals surface area contributed by atoms with E-state index in [2.05, 4.69) is 66.0 Å². The monoisotopic (exact) mass is 509 g/mol. The Hall–Kier alpha value is -2.77. The summed E-state index contributed by atoms with van der Waals surface area (Å²) in [6.07, 6.45) is 3.89. The molecule has 1 N–H and O–H groups in total. The second-order valence-electron chi connectivity index (χ2n) is 8.44. The summed E-state index contributed by atoms with van der Waals surface area (Å²) < 4.78 is 0.887. The van der Waals surface area contributed by atoms with E-state index in [0.29, 0.717) is 5.69 Å². The van der Waals surface area contributed by atoms with E-state index >= 15 is 0 Å². The van der Waals surface area contributed by atoms with Gasteiger partial charge in [-0.15, -0.1) is 0 Å². The fourth-order valence-electron chi connectivity index (χ4n) is 4.42. The van der Waals surface area contributed by atoms with E-state index in [4.69, 9.17) is 12.2 Å². The summed E-state index contributed by atoms with van der Waals surface area (Å²) in [5.41, 5.74) is 4.78. The first kappa shape index (κ1) is 22.4.